The summed E-state index contributed by atoms with van der Waals surface area (Å²) in [5.41, 5.74) is 16.5. The fraction of sp³-hybridized carbons (Fsp3) is 0.608. The van der Waals surface area contributed by atoms with E-state index in [9.17, 15) is 5.53 Å². The van der Waals surface area contributed by atoms with Crippen LogP contribution in [0.25, 0.3) is 11.1 Å². The van der Waals surface area contributed by atoms with E-state index in [1.54, 1.807) is 0 Å². The summed E-state index contributed by atoms with van der Waals surface area (Å²) in [4.78, 5) is 3.28. The summed E-state index contributed by atoms with van der Waals surface area (Å²) in [7, 11) is 0. The Morgan fingerprint density at radius 3 is 1.59 bits per heavy atom. The summed E-state index contributed by atoms with van der Waals surface area (Å²) in [5.74, 6) is 9.78. The second kappa shape index (κ2) is 41.6. The molecule has 0 saturated carbocycles. The van der Waals surface area contributed by atoms with Crippen molar-refractivity contribution in [3.63, 3.8) is 0 Å². The Balaban J connectivity index is 0. The van der Waals surface area contributed by atoms with Gasteiger partial charge in [0.25, 0.3) is 0 Å². The molecular weight excluding hydrogens is 699 g/mol. The predicted molar refractivity (Wildman–Crippen MR) is 237 cm³/mol. The molecular formula is C51H80N2Ni. The van der Waals surface area contributed by atoms with Gasteiger partial charge in [-0.05, 0) is 72.4 Å². The third-order valence-corrected chi connectivity index (χ3v) is 9.25. The van der Waals surface area contributed by atoms with Crippen LogP contribution in [-0.2, 0) is 29.3 Å². The van der Waals surface area contributed by atoms with Crippen LogP contribution in [0.4, 0.5) is 0 Å². The van der Waals surface area contributed by atoms with Crippen molar-refractivity contribution in [1.29, 1.82) is 0 Å². The summed E-state index contributed by atoms with van der Waals surface area (Å²) in [6.07, 6.45) is 34.4. The van der Waals surface area contributed by atoms with Crippen molar-refractivity contribution >= 4 is 11.4 Å². The average molecular weight is 780 g/mol. The SMILES string of the molecule is CCCCCCCCCCCCCCCCCC#CCCc1ccccc1C(=CC(=C=[N+]=[N-])CCCC)c1ccc(CCCC)cc1.[CH2-]CC.[CH2-]CC.[Ni+2]. The summed E-state index contributed by atoms with van der Waals surface area (Å²) in [6, 6.07) is 17.8. The smallest absolute Gasteiger partial charge is 0.348 e. The minimum absolute atomic E-state index is 0. The van der Waals surface area contributed by atoms with Crippen LogP contribution < -0.4 is 0 Å². The third-order valence-electron chi connectivity index (χ3n) is 9.25. The predicted octanol–water partition coefficient (Wildman–Crippen LogP) is 16.1. The molecule has 54 heavy (non-hydrogen) atoms. The van der Waals surface area contributed by atoms with E-state index in [1.807, 2.05) is 13.8 Å². The molecule has 0 aliphatic rings. The topological polar surface area (TPSA) is 36.4 Å². The first-order valence-electron chi connectivity index (χ1n) is 22.0. The largest absolute Gasteiger partial charge is 2.00 e. The molecule has 3 heteroatoms. The molecule has 0 spiro atoms. The van der Waals surface area contributed by atoms with Crippen LogP contribution in [0.2, 0.25) is 0 Å². The van der Waals surface area contributed by atoms with Crippen molar-refractivity contribution in [2.45, 2.75) is 202 Å². The molecule has 0 saturated heterocycles. The number of nitrogens with zero attached hydrogens (tertiary/aromatic N) is 2. The van der Waals surface area contributed by atoms with Crippen LogP contribution in [-0.4, -0.2) is 10.7 Å². The van der Waals surface area contributed by atoms with Gasteiger partial charge in [-0.25, -0.2) is 0 Å². The van der Waals surface area contributed by atoms with Crippen molar-refractivity contribution in [1.82, 2.24) is 0 Å². The van der Waals surface area contributed by atoms with E-state index in [0.29, 0.717) is 0 Å². The zero-order valence-corrected chi connectivity index (χ0v) is 36.7. The Hall–Kier alpha value is -2.61. The van der Waals surface area contributed by atoms with Gasteiger partial charge in [-0.15, -0.1) is 16.6 Å². The number of rotatable bonds is 26. The molecule has 2 rings (SSSR count). The van der Waals surface area contributed by atoms with Crippen molar-refractivity contribution < 1.29 is 21.3 Å². The van der Waals surface area contributed by atoms with Crippen LogP contribution in [0.3, 0.4) is 0 Å². The van der Waals surface area contributed by atoms with E-state index in [-0.39, 0.29) is 16.5 Å². The summed E-state index contributed by atoms with van der Waals surface area (Å²) in [5, 5.41) is 0. The number of benzene rings is 2. The number of hydrogen-bond donors (Lipinski definition) is 0. The molecule has 0 aliphatic carbocycles. The molecule has 304 valence electrons. The molecule has 0 N–H and O–H groups in total. The van der Waals surface area contributed by atoms with Crippen LogP contribution in [0.1, 0.15) is 211 Å². The zero-order chi connectivity index (χ0) is 39.0. The Kier molecular flexibility index (Phi) is 41.2. The molecule has 2 aromatic carbocycles. The van der Waals surface area contributed by atoms with Gasteiger partial charge >= 0.3 is 22.4 Å². The molecule has 0 atom stereocenters. The Bertz CT molecular complexity index is 1300. The van der Waals surface area contributed by atoms with Crippen molar-refractivity contribution in [2.24, 2.45) is 0 Å². The standard InChI is InChI=1S/C45H66N2.2C3H7.Ni/c1-4-7-10-11-12-13-14-15-16-17-18-19-20-21-22-23-24-25-26-31-42-32-27-28-33-44(42)45(38-41(39-47-46)30-9-6-3)43-36-34-40(35-37-43)29-8-5-2;2*1-3-2;/h27-28,32-38H,4-23,26,29-31H2,1-3H3;2*1,3H2,2H3;/q;2*-1;+2. The van der Waals surface area contributed by atoms with Gasteiger partial charge in [-0.3, -0.25) is 0 Å². The van der Waals surface area contributed by atoms with E-state index in [2.05, 4.69) is 112 Å². The van der Waals surface area contributed by atoms with Crippen molar-refractivity contribution in [2.75, 3.05) is 0 Å². The van der Waals surface area contributed by atoms with Gasteiger partial charge in [-0.2, -0.15) is 12.8 Å². The molecule has 2 aromatic rings. The van der Waals surface area contributed by atoms with Crippen LogP contribution in [0.15, 0.2) is 60.2 Å². The molecule has 0 fully saturated rings. The first kappa shape index (κ1) is 53.5. The van der Waals surface area contributed by atoms with E-state index < -0.39 is 0 Å². The molecule has 0 bridgehead atoms. The van der Waals surface area contributed by atoms with Gasteiger partial charge in [-0.1, -0.05) is 186 Å². The minimum atomic E-state index is 0. The normalized spacial score (nSPS) is 10.3. The van der Waals surface area contributed by atoms with E-state index in [0.717, 1.165) is 68.9 Å². The quantitative estimate of drug-likeness (QED) is 0.0133. The Morgan fingerprint density at radius 1 is 0.593 bits per heavy atom. The summed E-state index contributed by atoms with van der Waals surface area (Å²) >= 11 is 0. The zero-order valence-electron chi connectivity index (χ0n) is 35.7. The molecule has 0 radical (unpaired) electrons. The van der Waals surface area contributed by atoms with Gasteiger partial charge in [0.05, 0.1) is 5.57 Å². The monoisotopic (exact) mass is 779 g/mol. The molecule has 0 unspecified atom stereocenters. The maximum absolute atomic E-state index is 9.34. The molecule has 2 nitrogen and oxygen atoms in total. The molecule has 0 aliphatic heterocycles. The second-order valence-corrected chi connectivity index (χ2v) is 14.4. The van der Waals surface area contributed by atoms with Gasteiger partial charge < -0.3 is 19.4 Å². The second-order valence-electron chi connectivity index (χ2n) is 14.4. The number of hydrogen-bond acceptors (Lipinski definition) is 0. The van der Waals surface area contributed by atoms with E-state index in [4.69, 9.17) is 0 Å². The maximum Gasteiger partial charge on any atom is 2.00 e. The fourth-order valence-electron chi connectivity index (χ4n) is 6.27. The van der Waals surface area contributed by atoms with Gasteiger partial charge in [0.15, 0.2) is 0 Å². The summed E-state index contributed by atoms with van der Waals surface area (Å²) < 4.78 is 0. The number of unbranched alkanes of at least 4 members (excludes halogenated alkanes) is 17. The van der Waals surface area contributed by atoms with Gasteiger partial charge in [0, 0.05) is 12.8 Å². The third kappa shape index (κ3) is 29.7. The molecule has 0 amide bonds. The van der Waals surface area contributed by atoms with Crippen LogP contribution in [0, 0.1) is 25.7 Å². The van der Waals surface area contributed by atoms with E-state index >= 15 is 0 Å². The fourth-order valence-corrected chi connectivity index (χ4v) is 6.27. The Labute approximate surface area is 346 Å². The average Bonchev–Trinajstić information content (AvgIpc) is 3.17. The summed E-state index contributed by atoms with van der Waals surface area (Å²) in [6.45, 7) is 17.7. The Morgan fingerprint density at radius 2 is 1.07 bits per heavy atom. The molecule has 0 heterocycles. The first-order valence-corrected chi connectivity index (χ1v) is 22.0. The van der Waals surface area contributed by atoms with Gasteiger partial charge in [0.1, 0.15) is 0 Å². The van der Waals surface area contributed by atoms with E-state index in [1.165, 1.54) is 131 Å². The van der Waals surface area contributed by atoms with Crippen molar-refractivity contribution in [3.05, 3.63) is 102 Å². The van der Waals surface area contributed by atoms with Gasteiger partial charge in [0.2, 0.25) is 0 Å². The number of aryl methyl sites for hydroxylation is 2. The number of allylic oxidation sites excluding steroid dienone is 2. The van der Waals surface area contributed by atoms with Crippen molar-refractivity contribution in [3.8, 4) is 11.8 Å². The molecule has 0 aromatic heterocycles. The van der Waals surface area contributed by atoms with Crippen LogP contribution >= 0.6 is 0 Å². The maximum atomic E-state index is 9.34. The van der Waals surface area contributed by atoms with Crippen LogP contribution in [0.5, 0.6) is 0 Å². The minimum Gasteiger partial charge on any atom is -0.348 e. The first-order chi connectivity index (χ1) is 26.1.